The van der Waals surface area contributed by atoms with Crippen LogP contribution in [0.1, 0.15) is 0 Å². The summed E-state index contributed by atoms with van der Waals surface area (Å²) < 4.78 is 32.3. The van der Waals surface area contributed by atoms with Gasteiger partial charge in [0.25, 0.3) is 11.0 Å². The summed E-state index contributed by atoms with van der Waals surface area (Å²) in [4.78, 5) is 0. The van der Waals surface area contributed by atoms with E-state index in [0.717, 1.165) is 6.26 Å². The first kappa shape index (κ1) is 7.06. The van der Waals surface area contributed by atoms with Crippen LogP contribution in [0.3, 0.4) is 0 Å². The maximum Gasteiger partial charge on any atom is 0.270 e. The van der Waals surface area contributed by atoms with Crippen LogP contribution in [0.5, 0.6) is 0 Å². The van der Waals surface area contributed by atoms with Crippen molar-refractivity contribution >= 4 is 22.1 Å². The van der Waals surface area contributed by atoms with Gasteiger partial charge in [-0.3, -0.25) is 0 Å². The highest BCUT2D eigenvalue weighted by atomic mass is 32.3. The first-order chi connectivity index (χ1) is 3.13. The van der Waals surface area contributed by atoms with Crippen molar-refractivity contribution in [3.63, 3.8) is 0 Å². The second kappa shape index (κ2) is 3.11. The third kappa shape index (κ3) is 6.06. The molecule has 0 saturated heterocycles. The van der Waals surface area contributed by atoms with Crippen molar-refractivity contribution in [1.82, 2.24) is 0 Å². The first-order valence-corrected chi connectivity index (χ1v) is 3.87. The van der Waals surface area contributed by atoms with E-state index in [-0.39, 0.29) is 0 Å². The van der Waals surface area contributed by atoms with Gasteiger partial charge < -0.3 is 0 Å². The maximum absolute atomic E-state index is 9.76. The van der Waals surface area contributed by atoms with E-state index in [2.05, 4.69) is 3.63 Å². The molecule has 0 aromatic carbocycles. The molecule has 0 heterocycles. The molecule has 1 atom stereocenters. The summed E-state index contributed by atoms with van der Waals surface area (Å²) >= 11 is -1.69. The molecule has 4 nitrogen and oxygen atoms in total. The lowest BCUT2D eigenvalue weighted by Crippen LogP contribution is -1.89. The third-order valence-corrected chi connectivity index (χ3v) is 1.49. The van der Waals surface area contributed by atoms with Gasteiger partial charge in [-0.25, -0.2) is 12.6 Å². The average molecular weight is 144 g/mol. The van der Waals surface area contributed by atoms with Crippen LogP contribution in [-0.2, 0) is 25.7 Å². The van der Waals surface area contributed by atoms with Crippen molar-refractivity contribution in [3.8, 4) is 0 Å². The van der Waals surface area contributed by atoms with Crippen molar-refractivity contribution in [1.29, 1.82) is 0 Å². The van der Waals surface area contributed by atoms with Crippen LogP contribution in [0, 0.1) is 0 Å². The van der Waals surface area contributed by atoms with Gasteiger partial charge in [0.15, 0.2) is 11.1 Å². The fourth-order valence-electron chi connectivity index (χ4n) is 0.0857. The minimum atomic E-state index is -2.94. The predicted octanol–water partition coefficient (Wildman–Crippen LogP) is -1.18. The molecule has 44 valence electrons. The summed E-state index contributed by atoms with van der Waals surface area (Å²) in [6.07, 6.45) is 1.13. The molecule has 7 heavy (non-hydrogen) atoms. The minimum absolute atomic E-state index is 1.13. The van der Waals surface area contributed by atoms with Crippen molar-refractivity contribution in [2.75, 3.05) is 6.26 Å². The molecule has 0 rings (SSSR count). The van der Waals surface area contributed by atoms with E-state index in [1.807, 2.05) is 0 Å². The van der Waals surface area contributed by atoms with Crippen LogP contribution in [0.2, 0.25) is 0 Å². The number of hydrogen-bond acceptors (Lipinski definition) is 4. The molecule has 0 aliphatic heterocycles. The highest BCUT2D eigenvalue weighted by Crippen LogP contribution is 1.74. The summed E-state index contributed by atoms with van der Waals surface area (Å²) in [6, 6.07) is 0. The van der Waals surface area contributed by atoms with Crippen LogP contribution in [-0.4, -0.2) is 18.9 Å². The fraction of sp³-hybridized carbons (Fsp3) is 1.00. The molecule has 0 aliphatic carbocycles. The van der Waals surface area contributed by atoms with E-state index in [4.69, 9.17) is 0 Å². The largest absolute Gasteiger partial charge is 0.270 e. The quantitative estimate of drug-likeness (QED) is 0.496. The Balaban J connectivity index is 3.53. The lowest BCUT2D eigenvalue weighted by Gasteiger charge is -1.79. The van der Waals surface area contributed by atoms with Gasteiger partial charge in [0.1, 0.15) is 0 Å². The van der Waals surface area contributed by atoms with Crippen LogP contribution in [0.15, 0.2) is 0 Å². The number of hydrogen-bond donors (Lipinski definition) is 1. The monoisotopic (exact) mass is 144 g/mol. The number of thiol groups is 1. The number of rotatable bonds is 2. The van der Waals surface area contributed by atoms with Gasteiger partial charge in [-0.2, -0.15) is 3.63 Å². The van der Waals surface area contributed by atoms with Crippen LogP contribution in [0.25, 0.3) is 0 Å². The Hall–Kier alpha value is 0.0600. The van der Waals surface area contributed by atoms with E-state index in [1.54, 1.807) is 0 Å². The molecule has 6 heteroatoms. The Kier molecular flexibility index (Phi) is 3.14. The Labute approximate surface area is 45.3 Å². The van der Waals surface area contributed by atoms with Crippen LogP contribution >= 0.6 is 0 Å². The molecule has 0 aliphatic rings. The predicted molar refractivity (Wildman–Crippen MR) is 25.5 cm³/mol. The van der Waals surface area contributed by atoms with Crippen LogP contribution in [0.4, 0.5) is 0 Å². The van der Waals surface area contributed by atoms with E-state index < -0.39 is 22.1 Å². The standard InChI is InChI=1S/CH4O4S2/c1-6(2)5-7(3)4/h7H,1H3. The van der Waals surface area contributed by atoms with Gasteiger partial charge in [-0.15, -0.1) is 0 Å². The van der Waals surface area contributed by atoms with Crippen molar-refractivity contribution in [3.05, 3.63) is 0 Å². The lowest BCUT2D eigenvalue weighted by atomic mass is 12.0. The Bertz CT molecular complexity index is 127. The van der Waals surface area contributed by atoms with Crippen molar-refractivity contribution in [2.24, 2.45) is 0 Å². The van der Waals surface area contributed by atoms with Crippen molar-refractivity contribution in [2.45, 2.75) is 0 Å². The minimum Gasteiger partial charge on any atom is -0.229 e. The summed E-state index contributed by atoms with van der Waals surface area (Å²) in [6.45, 7) is 0. The summed E-state index contributed by atoms with van der Waals surface area (Å²) in [5, 5.41) is 0. The lowest BCUT2D eigenvalue weighted by molar-refractivity contribution is 0.523. The van der Waals surface area contributed by atoms with Crippen LogP contribution < -0.4 is 0 Å². The first-order valence-electron chi connectivity index (χ1n) is 1.29. The van der Waals surface area contributed by atoms with Gasteiger partial charge in [-0.05, 0) is 0 Å². The highest BCUT2D eigenvalue weighted by Gasteiger charge is 1.86. The zero-order chi connectivity index (χ0) is 5.86. The molecule has 0 amide bonds. The zero-order valence-corrected chi connectivity index (χ0v) is 5.20. The van der Waals surface area contributed by atoms with Crippen molar-refractivity contribution < 1.29 is 16.3 Å². The molecule has 0 aromatic rings. The topological polar surface area (TPSA) is 60.4 Å². The SMILES string of the molecule is CS(=O)O[SH](=O)=O. The summed E-state index contributed by atoms with van der Waals surface area (Å²) in [5.41, 5.74) is 0. The molecule has 0 spiro atoms. The smallest absolute Gasteiger partial charge is 0.229 e. The Morgan fingerprint density at radius 3 is 2.00 bits per heavy atom. The molecule has 0 bridgehead atoms. The maximum atomic E-state index is 9.76. The second-order valence-corrected chi connectivity index (χ2v) is 2.55. The van der Waals surface area contributed by atoms with Gasteiger partial charge >= 0.3 is 0 Å². The average Bonchev–Trinajstić information content (AvgIpc) is 1.27. The second-order valence-electron chi connectivity index (χ2n) is 0.700. The molecule has 0 radical (unpaired) electrons. The fourth-order valence-corrected chi connectivity index (χ4v) is 0.771. The zero-order valence-electron chi connectivity index (χ0n) is 3.49. The molecule has 0 fully saturated rings. The molecular formula is CH4O4S2. The van der Waals surface area contributed by atoms with E-state index >= 15 is 0 Å². The van der Waals surface area contributed by atoms with Gasteiger partial charge in [0, 0.05) is 6.26 Å². The van der Waals surface area contributed by atoms with E-state index in [1.165, 1.54) is 0 Å². The highest BCUT2D eigenvalue weighted by molar-refractivity contribution is 7.88. The van der Waals surface area contributed by atoms with Gasteiger partial charge in [0.05, 0.1) is 0 Å². The third-order valence-electron chi connectivity index (χ3n) is 0.166. The summed E-state index contributed by atoms with van der Waals surface area (Å²) in [7, 11) is -2.94. The molecule has 0 saturated carbocycles. The molecule has 0 N–H and O–H groups in total. The molecule has 1 unspecified atom stereocenters. The molecular weight excluding hydrogens is 140 g/mol. The normalized spacial score (nSPS) is 14.6. The van der Waals surface area contributed by atoms with E-state index in [9.17, 15) is 12.6 Å². The van der Waals surface area contributed by atoms with E-state index in [0.29, 0.717) is 0 Å². The molecule has 0 aromatic heterocycles. The Morgan fingerprint density at radius 1 is 1.57 bits per heavy atom. The Morgan fingerprint density at radius 2 is 2.00 bits per heavy atom. The van der Waals surface area contributed by atoms with Gasteiger partial charge in [0.2, 0.25) is 0 Å². The summed E-state index contributed by atoms with van der Waals surface area (Å²) in [5.74, 6) is 0. The van der Waals surface area contributed by atoms with Gasteiger partial charge in [-0.1, -0.05) is 0 Å².